The van der Waals surface area contributed by atoms with Gasteiger partial charge in [-0.1, -0.05) is 0 Å². The number of hydrogen-bond acceptors (Lipinski definition) is 6. The zero-order chi connectivity index (χ0) is 13.8. The van der Waals surface area contributed by atoms with Gasteiger partial charge in [-0.25, -0.2) is 9.78 Å². The molecule has 1 N–H and O–H groups in total. The molecule has 6 heteroatoms. The van der Waals surface area contributed by atoms with Gasteiger partial charge in [-0.15, -0.1) is 11.3 Å². The van der Waals surface area contributed by atoms with Crippen LogP contribution in [0.4, 0.5) is 10.8 Å². The van der Waals surface area contributed by atoms with E-state index in [-0.39, 0.29) is 0 Å². The van der Waals surface area contributed by atoms with Crippen LogP contribution in [0, 0.1) is 6.92 Å². The summed E-state index contributed by atoms with van der Waals surface area (Å²) in [7, 11) is 2.97. The van der Waals surface area contributed by atoms with Crippen LogP contribution < -0.4 is 10.1 Å². The van der Waals surface area contributed by atoms with Crippen molar-refractivity contribution in [1.29, 1.82) is 0 Å². The van der Waals surface area contributed by atoms with Gasteiger partial charge in [0.2, 0.25) is 0 Å². The smallest absolute Gasteiger partial charge is 0.357 e. The molecule has 0 aliphatic rings. The fourth-order valence-corrected chi connectivity index (χ4v) is 2.24. The van der Waals surface area contributed by atoms with E-state index in [2.05, 4.69) is 15.0 Å². The highest BCUT2D eigenvalue weighted by Crippen LogP contribution is 2.26. The van der Waals surface area contributed by atoms with Crippen LogP contribution in [0.5, 0.6) is 5.75 Å². The molecule has 0 saturated heterocycles. The molecule has 0 saturated carbocycles. The van der Waals surface area contributed by atoms with Gasteiger partial charge in [-0.05, 0) is 30.7 Å². The zero-order valence-electron chi connectivity index (χ0n) is 10.9. The van der Waals surface area contributed by atoms with Crippen LogP contribution in [0.2, 0.25) is 0 Å². The maximum Gasteiger partial charge on any atom is 0.357 e. The fourth-order valence-electron chi connectivity index (χ4n) is 1.55. The van der Waals surface area contributed by atoms with Crippen LogP contribution in [0.1, 0.15) is 16.1 Å². The third kappa shape index (κ3) is 3.03. The van der Waals surface area contributed by atoms with E-state index in [0.717, 1.165) is 17.0 Å². The number of nitrogens with one attached hydrogen (secondary N) is 1. The Morgan fingerprint density at radius 2 is 2.16 bits per heavy atom. The number of aryl methyl sites for hydroxylation is 1. The number of carbonyl (C=O) groups excluding carboxylic acids is 1. The van der Waals surface area contributed by atoms with E-state index in [4.69, 9.17) is 4.74 Å². The number of anilines is 2. The molecule has 0 amide bonds. The minimum Gasteiger partial charge on any atom is -0.497 e. The van der Waals surface area contributed by atoms with Gasteiger partial charge in [0, 0.05) is 11.1 Å². The molecule has 0 spiro atoms. The van der Waals surface area contributed by atoms with Crippen molar-refractivity contribution in [1.82, 2.24) is 4.98 Å². The van der Waals surface area contributed by atoms with E-state index in [0.29, 0.717) is 10.8 Å². The number of esters is 1. The number of benzene rings is 1. The van der Waals surface area contributed by atoms with Crippen molar-refractivity contribution in [3.8, 4) is 5.75 Å². The Kier molecular flexibility index (Phi) is 4.01. The van der Waals surface area contributed by atoms with E-state index >= 15 is 0 Å². The number of nitrogens with zero attached hydrogens (tertiary/aromatic N) is 1. The predicted molar refractivity (Wildman–Crippen MR) is 74.5 cm³/mol. The Labute approximate surface area is 115 Å². The van der Waals surface area contributed by atoms with Crippen molar-refractivity contribution < 1.29 is 14.3 Å². The Hall–Kier alpha value is -2.08. The summed E-state index contributed by atoms with van der Waals surface area (Å²) >= 11 is 1.35. The van der Waals surface area contributed by atoms with Gasteiger partial charge in [0.1, 0.15) is 5.75 Å². The average Bonchev–Trinajstić information content (AvgIpc) is 2.88. The molecule has 0 fully saturated rings. The Bertz CT molecular complexity index is 595. The molecule has 2 rings (SSSR count). The first-order valence-corrected chi connectivity index (χ1v) is 6.47. The number of thiazole rings is 1. The second-order valence-electron chi connectivity index (χ2n) is 3.84. The molecule has 0 radical (unpaired) electrons. The van der Waals surface area contributed by atoms with Crippen molar-refractivity contribution in [2.24, 2.45) is 0 Å². The van der Waals surface area contributed by atoms with Crippen LogP contribution in [-0.2, 0) is 4.74 Å². The number of ether oxygens (including phenoxy) is 2. The number of carbonyl (C=O) groups is 1. The molecular formula is C13H14N2O3S. The molecule has 0 aliphatic carbocycles. The van der Waals surface area contributed by atoms with Gasteiger partial charge in [-0.3, -0.25) is 0 Å². The van der Waals surface area contributed by atoms with E-state index < -0.39 is 5.97 Å². The van der Waals surface area contributed by atoms with Crippen molar-refractivity contribution in [2.75, 3.05) is 19.5 Å². The van der Waals surface area contributed by atoms with Crippen LogP contribution in [0.3, 0.4) is 0 Å². The summed E-state index contributed by atoms with van der Waals surface area (Å²) in [5.74, 6) is 0.369. The van der Waals surface area contributed by atoms with E-state index in [1.807, 2.05) is 25.1 Å². The standard InChI is InChI=1S/C13H14N2O3S/c1-8-6-9(17-2)4-5-10(8)14-13-15-11(7-19-13)12(16)18-3/h4-7H,1-3H3,(H,14,15). The molecule has 19 heavy (non-hydrogen) atoms. The quantitative estimate of drug-likeness (QED) is 0.871. The molecule has 5 nitrogen and oxygen atoms in total. The van der Waals surface area contributed by atoms with Gasteiger partial charge >= 0.3 is 5.97 Å². The number of hydrogen-bond donors (Lipinski definition) is 1. The average molecular weight is 278 g/mol. The SMILES string of the molecule is COC(=O)c1csc(Nc2ccc(OC)cc2C)n1. The lowest BCUT2D eigenvalue weighted by Crippen LogP contribution is -2.01. The summed E-state index contributed by atoms with van der Waals surface area (Å²) in [4.78, 5) is 15.5. The van der Waals surface area contributed by atoms with Gasteiger partial charge in [0.05, 0.1) is 14.2 Å². The Morgan fingerprint density at radius 3 is 2.79 bits per heavy atom. The van der Waals surface area contributed by atoms with Crippen molar-refractivity contribution >= 4 is 28.1 Å². The van der Waals surface area contributed by atoms with Crippen molar-refractivity contribution in [3.05, 3.63) is 34.8 Å². The third-order valence-corrected chi connectivity index (χ3v) is 3.33. The first kappa shape index (κ1) is 13.4. The van der Waals surface area contributed by atoms with Gasteiger partial charge < -0.3 is 14.8 Å². The topological polar surface area (TPSA) is 60.5 Å². The highest BCUT2D eigenvalue weighted by Gasteiger charge is 2.11. The molecule has 1 aromatic carbocycles. The first-order valence-electron chi connectivity index (χ1n) is 5.59. The van der Waals surface area contributed by atoms with Gasteiger partial charge in [0.25, 0.3) is 0 Å². The molecule has 0 unspecified atom stereocenters. The van der Waals surface area contributed by atoms with E-state index in [1.54, 1.807) is 12.5 Å². The Balaban J connectivity index is 2.17. The maximum absolute atomic E-state index is 11.3. The van der Waals surface area contributed by atoms with Crippen molar-refractivity contribution in [3.63, 3.8) is 0 Å². The highest BCUT2D eigenvalue weighted by atomic mass is 32.1. The largest absolute Gasteiger partial charge is 0.497 e. The summed E-state index contributed by atoms with van der Waals surface area (Å²) in [6, 6.07) is 5.70. The maximum atomic E-state index is 11.3. The second kappa shape index (κ2) is 5.71. The summed E-state index contributed by atoms with van der Waals surface area (Å²) in [6.07, 6.45) is 0. The lowest BCUT2D eigenvalue weighted by Gasteiger charge is -2.08. The Morgan fingerprint density at radius 1 is 1.37 bits per heavy atom. The third-order valence-electron chi connectivity index (χ3n) is 2.57. The minimum atomic E-state index is -0.434. The summed E-state index contributed by atoms with van der Waals surface area (Å²) in [6.45, 7) is 1.97. The predicted octanol–water partition coefficient (Wildman–Crippen LogP) is 2.99. The van der Waals surface area contributed by atoms with Crippen LogP contribution >= 0.6 is 11.3 Å². The summed E-state index contributed by atoms with van der Waals surface area (Å²) in [5.41, 5.74) is 2.27. The van der Waals surface area contributed by atoms with E-state index in [9.17, 15) is 4.79 Å². The molecule has 2 aromatic rings. The van der Waals surface area contributed by atoms with Crippen LogP contribution in [0.25, 0.3) is 0 Å². The van der Waals surface area contributed by atoms with Crippen LogP contribution in [-0.4, -0.2) is 25.2 Å². The molecule has 0 bridgehead atoms. The van der Waals surface area contributed by atoms with Crippen LogP contribution in [0.15, 0.2) is 23.6 Å². The molecule has 100 valence electrons. The zero-order valence-corrected chi connectivity index (χ0v) is 11.7. The second-order valence-corrected chi connectivity index (χ2v) is 4.69. The van der Waals surface area contributed by atoms with Crippen molar-refractivity contribution in [2.45, 2.75) is 6.92 Å². The molecule has 0 aliphatic heterocycles. The lowest BCUT2D eigenvalue weighted by atomic mass is 10.2. The fraction of sp³-hybridized carbons (Fsp3) is 0.231. The monoisotopic (exact) mass is 278 g/mol. The first-order chi connectivity index (χ1) is 9.13. The van der Waals surface area contributed by atoms with Gasteiger partial charge in [-0.2, -0.15) is 0 Å². The number of aromatic nitrogens is 1. The highest BCUT2D eigenvalue weighted by molar-refractivity contribution is 7.14. The normalized spacial score (nSPS) is 10.1. The molecule has 1 aromatic heterocycles. The van der Waals surface area contributed by atoms with Gasteiger partial charge in [0.15, 0.2) is 10.8 Å². The summed E-state index contributed by atoms with van der Waals surface area (Å²) in [5, 5.41) is 5.47. The molecule has 0 atom stereocenters. The molecule has 1 heterocycles. The lowest BCUT2D eigenvalue weighted by molar-refractivity contribution is 0.0595. The van der Waals surface area contributed by atoms with E-state index in [1.165, 1.54) is 18.4 Å². The summed E-state index contributed by atoms with van der Waals surface area (Å²) < 4.78 is 9.76. The number of rotatable bonds is 4. The minimum absolute atomic E-state index is 0.307. The molecular weight excluding hydrogens is 264 g/mol. The number of methoxy groups -OCH3 is 2.